The molecule has 4 aromatic rings. The van der Waals surface area contributed by atoms with Crippen molar-refractivity contribution in [1.82, 2.24) is 24.7 Å². The van der Waals surface area contributed by atoms with Crippen LogP contribution >= 0.6 is 0 Å². The molecule has 0 aliphatic heterocycles. The Hall–Kier alpha value is -2.83. The van der Waals surface area contributed by atoms with Crippen molar-refractivity contribution in [2.24, 2.45) is 7.05 Å². The minimum absolute atomic E-state index is 0.239. The van der Waals surface area contributed by atoms with E-state index in [-0.39, 0.29) is 5.39 Å². The third-order valence-corrected chi connectivity index (χ3v) is 3.37. The van der Waals surface area contributed by atoms with Crippen LogP contribution in [0.25, 0.3) is 33.5 Å². The average Bonchev–Trinajstić information content (AvgIpc) is 3.03. The predicted molar refractivity (Wildman–Crippen MR) is 73.5 cm³/mol. The Bertz CT molecular complexity index is 986. The van der Waals surface area contributed by atoms with Gasteiger partial charge < -0.3 is 4.98 Å². The lowest BCUT2D eigenvalue weighted by Crippen LogP contribution is -1.91. The van der Waals surface area contributed by atoms with E-state index in [1.807, 2.05) is 0 Å². The molecule has 5 nitrogen and oxygen atoms in total. The van der Waals surface area contributed by atoms with Gasteiger partial charge in [0.05, 0.1) is 17.1 Å². The number of hydrogen-bond donors (Lipinski definition) is 1. The van der Waals surface area contributed by atoms with Crippen molar-refractivity contribution in [3.8, 4) is 11.4 Å². The molecule has 1 aromatic carbocycles. The summed E-state index contributed by atoms with van der Waals surface area (Å²) in [6.45, 7) is 0. The van der Waals surface area contributed by atoms with Gasteiger partial charge in [-0.3, -0.25) is 4.68 Å². The van der Waals surface area contributed by atoms with Gasteiger partial charge in [0, 0.05) is 19.3 Å². The molecule has 0 aliphatic carbocycles. The number of halogens is 2. The van der Waals surface area contributed by atoms with E-state index in [0.29, 0.717) is 28.1 Å². The standard InChI is InChI=1S/C14H9F2N5/c1-21-11-5-7(15)4-8(16)12(11)13(20-21)10-6-18-14-9(19-10)2-3-17-14/h2-6H,1H3,(H,17,18). The van der Waals surface area contributed by atoms with Crippen LogP contribution in [0.5, 0.6) is 0 Å². The Morgan fingerprint density at radius 1 is 1.24 bits per heavy atom. The summed E-state index contributed by atoms with van der Waals surface area (Å²) in [5, 5.41) is 4.49. The van der Waals surface area contributed by atoms with Crippen molar-refractivity contribution < 1.29 is 8.78 Å². The quantitative estimate of drug-likeness (QED) is 0.585. The van der Waals surface area contributed by atoms with E-state index in [9.17, 15) is 8.78 Å². The van der Waals surface area contributed by atoms with E-state index in [1.54, 1.807) is 19.3 Å². The van der Waals surface area contributed by atoms with Gasteiger partial charge in [-0.25, -0.2) is 18.7 Å². The van der Waals surface area contributed by atoms with Crippen LogP contribution in [-0.2, 0) is 7.05 Å². The summed E-state index contributed by atoms with van der Waals surface area (Å²) in [5.74, 6) is -1.30. The number of benzene rings is 1. The van der Waals surface area contributed by atoms with Crippen LogP contribution in [0.1, 0.15) is 0 Å². The molecule has 3 aromatic heterocycles. The fourth-order valence-corrected chi connectivity index (χ4v) is 2.43. The first-order valence-corrected chi connectivity index (χ1v) is 6.26. The lowest BCUT2D eigenvalue weighted by molar-refractivity contribution is 0.591. The summed E-state index contributed by atoms with van der Waals surface area (Å²) in [5.41, 5.74) is 2.47. The number of nitrogens with zero attached hydrogens (tertiary/aromatic N) is 4. The van der Waals surface area contributed by atoms with Crippen LogP contribution in [0, 0.1) is 11.6 Å². The molecule has 0 amide bonds. The molecular weight excluding hydrogens is 276 g/mol. The molecule has 7 heteroatoms. The van der Waals surface area contributed by atoms with Gasteiger partial charge in [-0.2, -0.15) is 5.10 Å². The number of aromatic nitrogens is 5. The maximum atomic E-state index is 14.1. The van der Waals surface area contributed by atoms with Crippen LogP contribution < -0.4 is 0 Å². The SMILES string of the molecule is Cn1nc(-c2cnc3[nH]ccc3n2)c2c(F)cc(F)cc21. The minimum atomic E-state index is -0.663. The second-order valence-corrected chi connectivity index (χ2v) is 4.72. The zero-order chi connectivity index (χ0) is 14.6. The van der Waals surface area contributed by atoms with E-state index >= 15 is 0 Å². The molecule has 0 unspecified atom stereocenters. The van der Waals surface area contributed by atoms with Crippen LogP contribution in [0.4, 0.5) is 8.78 Å². The first-order chi connectivity index (χ1) is 10.1. The van der Waals surface area contributed by atoms with Crippen molar-refractivity contribution in [3.05, 3.63) is 42.2 Å². The van der Waals surface area contributed by atoms with Gasteiger partial charge in [0.2, 0.25) is 0 Å². The van der Waals surface area contributed by atoms with Crippen molar-refractivity contribution in [1.29, 1.82) is 0 Å². The highest BCUT2D eigenvalue weighted by Crippen LogP contribution is 2.29. The molecule has 0 saturated carbocycles. The number of H-pyrrole nitrogens is 1. The highest BCUT2D eigenvalue weighted by Gasteiger charge is 2.18. The summed E-state index contributed by atoms with van der Waals surface area (Å²) >= 11 is 0. The Kier molecular flexibility index (Phi) is 2.32. The third-order valence-electron chi connectivity index (χ3n) is 3.37. The third kappa shape index (κ3) is 1.70. The number of aryl methyl sites for hydroxylation is 1. The van der Waals surface area contributed by atoms with Gasteiger partial charge in [0.15, 0.2) is 5.65 Å². The molecule has 0 bridgehead atoms. The van der Waals surface area contributed by atoms with Crippen molar-refractivity contribution in [3.63, 3.8) is 0 Å². The fraction of sp³-hybridized carbons (Fsp3) is 0.0714. The molecule has 4 rings (SSSR count). The monoisotopic (exact) mass is 285 g/mol. The van der Waals surface area contributed by atoms with Crippen LogP contribution in [0.2, 0.25) is 0 Å². The first kappa shape index (κ1) is 12.0. The molecule has 0 fully saturated rings. The molecule has 1 N–H and O–H groups in total. The number of hydrogen-bond acceptors (Lipinski definition) is 3. The first-order valence-electron chi connectivity index (χ1n) is 6.26. The number of fused-ring (bicyclic) bond motifs is 2. The molecule has 0 radical (unpaired) electrons. The number of rotatable bonds is 1. The summed E-state index contributed by atoms with van der Waals surface area (Å²) in [6.07, 6.45) is 3.24. The molecule has 21 heavy (non-hydrogen) atoms. The normalized spacial score (nSPS) is 11.6. The van der Waals surface area contributed by atoms with Crippen LogP contribution in [-0.4, -0.2) is 24.7 Å². The van der Waals surface area contributed by atoms with Crippen LogP contribution in [0.3, 0.4) is 0 Å². The molecule has 0 saturated heterocycles. The van der Waals surface area contributed by atoms with Gasteiger partial charge in [-0.05, 0) is 12.1 Å². The highest BCUT2D eigenvalue weighted by atomic mass is 19.1. The van der Waals surface area contributed by atoms with E-state index < -0.39 is 11.6 Å². The fourth-order valence-electron chi connectivity index (χ4n) is 2.43. The van der Waals surface area contributed by atoms with E-state index in [2.05, 4.69) is 20.1 Å². The topological polar surface area (TPSA) is 59.4 Å². The van der Waals surface area contributed by atoms with E-state index in [0.717, 1.165) is 6.07 Å². The van der Waals surface area contributed by atoms with Crippen molar-refractivity contribution >= 4 is 22.1 Å². The Balaban J connectivity index is 2.05. The summed E-state index contributed by atoms with van der Waals surface area (Å²) < 4.78 is 28.9. The molecule has 0 aliphatic rings. The molecule has 0 spiro atoms. The molecule has 0 atom stereocenters. The van der Waals surface area contributed by atoms with E-state index in [4.69, 9.17) is 0 Å². The second-order valence-electron chi connectivity index (χ2n) is 4.72. The summed E-state index contributed by atoms with van der Waals surface area (Å²) in [7, 11) is 1.63. The largest absolute Gasteiger partial charge is 0.345 e. The Labute approximate surface area is 117 Å². The average molecular weight is 285 g/mol. The van der Waals surface area contributed by atoms with Gasteiger partial charge in [0.25, 0.3) is 0 Å². The van der Waals surface area contributed by atoms with Gasteiger partial charge in [-0.1, -0.05) is 0 Å². The molecule has 104 valence electrons. The minimum Gasteiger partial charge on any atom is -0.345 e. The van der Waals surface area contributed by atoms with Gasteiger partial charge in [-0.15, -0.1) is 0 Å². The Morgan fingerprint density at radius 2 is 2.10 bits per heavy atom. The predicted octanol–water partition coefficient (Wildman–Crippen LogP) is 2.79. The summed E-state index contributed by atoms with van der Waals surface area (Å²) in [4.78, 5) is 11.6. The van der Waals surface area contributed by atoms with Crippen LogP contribution in [0.15, 0.2) is 30.6 Å². The van der Waals surface area contributed by atoms with Gasteiger partial charge in [0.1, 0.15) is 28.5 Å². The maximum absolute atomic E-state index is 14.1. The summed E-state index contributed by atoms with van der Waals surface area (Å²) in [6, 6.07) is 3.86. The lowest BCUT2D eigenvalue weighted by Gasteiger charge is -1.99. The lowest BCUT2D eigenvalue weighted by atomic mass is 10.1. The smallest absolute Gasteiger partial charge is 0.156 e. The number of nitrogens with one attached hydrogen (secondary N) is 1. The zero-order valence-electron chi connectivity index (χ0n) is 10.9. The van der Waals surface area contributed by atoms with E-state index in [1.165, 1.54) is 16.9 Å². The zero-order valence-corrected chi connectivity index (χ0v) is 10.9. The second kappa shape index (κ2) is 4.08. The highest BCUT2D eigenvalue weighted by molar-refractivity contribution is 5.93. The maximum Gasteiger partial charge on any atom is 0.156 e. The molecule has 3 heterocycles. The van der Waals surface area contributed by atoms with Crippen molar-refractivity contribution in [2.75, 3.05) is 0 Å². The number of aromatic amines is 1. The Morgan fingerprint density at radius 3 is 2.95 bits per heavy atom. The van der Waals surface area contributed by atoms with Crippen molar-refractivity contribution in [2.45, 2.75) is 0 Å². The molecular formula is C14H9F2N5. The van der Waals surface area contributed by atoms with Gasteiger partial charge >= 0.3 is 0 Å².